The zero-order chi connectivity index (χ0) is 23.0. The minimum atomic E-state index is 0.0453. The molecule has 6 heteroatoms. The Morgan fingerprint density at radius 3 is 2.27 bits per heavy atom. The van der Waals surface area contributed by atoms with Gasteiger partial charge < -0.3 is 19.9 Å². The zero-order valence-electron chi connectivity index (χ0n) is 19.6. The van der Waals surface area contributed by atoms with Crippen molar-refractivity contribution in [2.45, 2.75) is 45.1 Å². The number of hydrogen-bond acceptors (Lipinski definition) is 4. The van der Waals surface area contributed by atoms with Crippen LogP contribution in [0.4, 0.5) is 5.69 Å². The van der Waals surface area contributed by atoms with E-state index in [1.807, 2.05) is 53.4 Å². The Balaban J connectivity index is 1.33. The number of benzene rings is 2. The molecule has 0 atom stereocenters. The fourth-order valence-corrected chi connectivity index (χ4v) is 4.34. The molecule has 0 aromatic heterocycles. The highest BCUT2D eigenvalue weighted by atomic mass is 16.5. The van der Waals surface area contributed by atoms with Crippen LogP contribution >= 0.6 is 0 Å². The molecule has 2 aliphatic rings. The lowest BCUT2D eigenvalue weighted by Gasteiger charge is -2.26. The molecular formula is C27H35N3O3. The number of piperidine rings is 1. The third-order valence-corrected chi connectivity index (χ3v) is 6.50. The highest BCUT2D eigenvalue weighted by molar-refractivity contribution is 5.96. The normalized spacial score (nSPS) is 16.3. The number of carbonyl (C=O) groups excluding carboxylic acids is 2. The first kappa shape index (κ1) is 23.3. The second-order valence-corrected chi connectivity index (χ2v) is 9.14. The second kappa shape index (κ2) is 11.3. The first-order chi connectivity index (χ1) is 16.1. The zero-order valence-corrected chi connectivity index (χ0v) is 19.6. The molecule has 0 bridgehead atoms. The number of carbonyl (C=O) groups is 2. The molecule has 176 valence electrons. The molecule has 2 aromatic carbocycles. The molecule has 6 nitrogen and oxygen atoms in total. The van der Waals surface area contributed by atoms with E-state index in [4.69, 9.17) is 4.74 Å². The first-order valence-electron chi connectivity index (χ1n) is 12.1. The average Bonchev–Trinajstić information content (AvgIpc) is 3.69. The van der Waals surface area contributed by atoms with Crippen molar-refractivity contribution in [1.29, 1.82) is 0 Å². The number of anilines is 1. The predicted molar refractivity (Wildman–Crippen MR) is 130 cm³/mol. The Kier molecular flexibility index (Phi) is 8.00. The van der Waals surface area contributed by atoms with Crippen LogP contribution in [0.1, 0.15) is 43.2 Å². The third kappa shape index (κ3) is 6.81. The quantitative estimate of drug-likeness (QED) is 0.600. The summed E-state index contributed by atoms with van der Waals surface area (Å²) in [5.41, 5.74) is 2.89. The molecule has 1 aliphatic carbocycles. The van der Waals surface area contributed by atoms with Gasteiger partial charge in [-0.2, -0.15) is 0 Å². The van der Waals surface area contributed by atoms with Crippen molar-refractivity contribution in [3.05, 3.63) is 59.7 Å². The number of hydrogen-bond donors (Lipinski definition) is 1. The highest BCUT2D eigenvalue weighted by Gasteiger charge is 2.34. The van der Waals surface area contributed by atoms with Crippen molar-refractivity contribution >= 4 is 17.5 Å². The molecule has 1 saturated heterocycles. The van der Waals surface area contributed by atoms with E-state index in [2.05, 4.69) is 10.2 Å². The topological polar surface area (TPSA) is 61.9 Å². The molecule has 4 rings (SSSR count). The molecule has 1 saturated carbocycles. The monoisotopic (exact) mass is 449 g/mol. The van der Waals surface area contributed by atoms with Gasteiger partial charge in [-0.1, -0.05) is 30.7 Å². The average molecular weight is 450 g/mol. The SMILES string of the molecule is COc1ccc(CN(C(=O)C2CC2)c2ccc(CC(=O)NCCN3CCCCC3)cc2)cc1. The van der Waals surface area contributed by atoms with E-state index in [9.17, 15) is 9.59 Å². The molecule has 1 N–H and O–H groups in total. The van der Waals surface area contributed by atoms with Crippen LogP contribution in [0.5, 0.6) is 5.75 Å². The summed E-state index contributed by atoms with van der Waals surface area (Å²) in [6.45, 7) is 4.43. The number of nitrogens with one attached hydrogen (secondary N) is 1. The van der Waals surface area contributed by atoms with E-state index in [0.717, 1.165) is 55.0 Å². The summed E-state index contributed by atoms with van der Waals surface area (Å²) in [5, 5.41) is 3.04. The smallest absolute Gasteiger partial charge is 0.230 e. The summed E-state index contributed by atoms with van der Waals surface area (Å²) in [6, 6.07) is 15.7. The molecule has 0 spiro atoms. The maximum absolute atomic E-state index is 13.0. The van der Waals surface area contributed by atoms with Gasteiger partial charge in [0.05, 0.1) is 20.1 Å². The molecule has 1 aliphatic heterocycles. The Morgan fingerprint density at radius 1 is 0.970 bits per heavy atom. The van der Waals surface area contributed by atoms with Crippen molar-refractivity contribution in [3.8, 4) is 5.75 Å². The van der Waals surface area contributed by atoms with Gasteiger partial charge in [0.15, 0.2) is 0 Å². The first-order valence-corrected chi connectivity index (χ1v) is 12.1. The van der Waals surface area contributed by atoms with Gasteiger partial charge in [0.1, 0.15) is 5.75 Å². The van der Waals surface area contributed by atoms with Crippen LogP contribution < -0.4 is 15.0 Å². The van der Waals surface area contributed by atoms with Gasteiger partial charge in [-0.25, -0.2) is 0 Å². The molecule has 33 heavy (non-hydrogen) atoms. The van der Waals surface area contributed by atoms with Crippen molar-refractivity contribution in [3.63, 3.8) is 0 Å². The van der Waals surface area contributed by atoms with Gasteiger partial charge >= 0.3 is 0 Å². The van der Waals surface area contributed by atoms with Crippen molar-refractivity contribution in [2.24, 2.45) is 5.92 Å². The van der Waals surface area contributed by atoms with Gasteiger partial charge in [-0.05, 0) is 74.2 Å². The Morgan fingerprint density at radius 2 is 1.64 bits per heavy atom. The van der Waals surface area contributed by atoms with E-state index in [1.165, 1.54) is 19.3 Å². The number of nitrogens with zero attached hydrogens (tertiary/aromatic N) is 2. The van der Waals surface area contributed by atoms with Gasteiger partial charge in [0.25, 0.3) is 0 Å². The van der Waals surface area contributed by atoms with Gasteiger partial charge in [0.2, 0.25) is 11.8 Å². The summed E-state index contributed by atoms with van der Waals surface area (Å²) in [4.78, 5) is 29.6. The van der Waals surface area contributed by atoms with E-state index >= 15 is 0 Å². The lowest BCUT2D eigenvalue weighted by Crippen LogP contribution is -2.38. The number of methoxy groups -OCH3 is 1. The van der Waals surface area contributed by atoms with Gasteiger partial charge in [0, 0.05) is 24.7 Å². The van der Waals surface area contributed by atoms with Crippen LogP contribution in [0.15, 0.2) is 48.5 Å². The predicted octanol–water partition coefficient (Wildman–Crippen LogP) is 3.78. The minimum absolute atomic E-state index is 0.0453. The third-order valence-electron chi connectivity index (χ3n) is 6.50. The van der Waals surface area contributed by atoms with Crippen LogP contribution in [-0.4, -0.2) is 50.0 Å². The van der Waals surface area contributed by atoms with E-state index in [1.54, 1.807) is 7.11 Å². The minimum Gasteiger partial charge on any atom is -0.497 e. The standard InChI is InChI=1S/C27H35N3O3/c1-33-25-13-7-22(8-14-25)20-30(27(32)23-9-10-23)24-11-5-21(6-12-24)19-26(31)28-15-18-29-16-3-2-4-17-29/h5-8,11-14,23H,2-4,9-10,15-20H2,1H3,(H,28,31). The van der Waals surface area contributed by atoms with Crippen LogP contribution in [0, 0.1) is 5.92 Å². The summed E-state index contributed by atoms with van der Waals surface area (Å²) in [6.07, 6.45) is 6.14. The Labute approximate surface area is 196 Å². The van der Waals surface area contributed by atoms with E-state index in [0.29, 0.717) is 19.5 Å². The van der Waals surface area contributed by atoms with Crippen LogP contribution in [-0.2, 0) is 22.6 Å². The number of likely N-dealkylation sites (tertiary alicyclic amines) is 1. The molecule has 2 aromatic rings. The Hall–Kier alpha value is -2.86. The van der Waals surface area contributed by atoms with Crippen LogP contribution in [0.25, 0.3) is 0 Å². The lowest BCUT2D eigenvalue weighted by molar-refractivity contribution is -0.121. The van der Waals surface area contributed by atoms with E-state index in [-0.39, 0.29) is 17.7 Å². The number of ether oxygens (including phenoxy) is 1. The fraction of sp³-hybridized carbons (Fsp3) is 0.481. The maximum atomic E-state index is 13.0. The maximum Gasteiger partial charge on any atom is 0.230 e. The molecule has 2 amide bonds. The molecule has 0 unspecified atom stereocenters. The molecule has 0 radical (unpaired) electrons. The molecule has 2 fully saturated rings. The summed E-state index contributed by atoms with van der Waals surface area (Å²) in [7, 11) is 1.65. The fourth-order valence-electron chi connectivity index (χ4n) is 4.34. The van der Waals surface area contributed by atoms with Crippen LogP contribution in [0.2, 0.25) is 0 Å². The van der Waals surface area contributed by atoms with Gasteiger partial charge in [-0.15, -0.1) is 0 Å². The summed E-state index contributed by atoms with van der Waals surface area (Å²) in [5.74, 6) is 1.16. The lowest BCUT2D eigenvalue weighted by atomic mass is 10.1. The number of amides is 2. The number of rotatable bonds is 10. The van der Waals surface area contributed by atoms with Crippen molar-refractivity contribution in [1.82, 2.24) is 10.2 Å². The molecule has 1 heterocycles. The van der Waals surface area contributed by atoms with Crippen molar-refractivity contribution in [2.75, 3.05) is 38.2 Å². The largest absolute Gasteiger partial charge is 0.497 e. The van der Waals surface area contributed by atoms with Crippen molar-refractivity contribution < 1.29 is 14.3 Å². The van der Waals surface area contributed by atoms with Crippen LogP contribution in [0.3, 0.4) is 0 Å². The summed E-state index contributed by atoms with van der Waals surface area (Å²) < 4.78 is 5.24. The summed E-state index contributed by atoms with van der Waals surface area (Å²) >= 11 is 0. The van der Waals surface area contributed by atoms with Gasteiger partial charge in [-0.3, -0.25) is 9.59 Å². The molecular weight excluding hydrogens is 414 g/mol. The highest BCUT2D eigenvalue weighted by Crippen LogP contribution is 2.33. The Bertz CT molecular complexity index is 917. The second-order valence-electron chi connectivity index (χ2n) is 9.14. The van der Waals surface area contributed by atoms with E-state index < -0.39 is 0 Å².